The summed E-state index contributed by atoms with van der Waals surface area (Å²) in [6.45, 7) is 0.458. The lowest BCUT2D eigenvalue weighted by atomic mass is 10.1. The Kier molecular flexibility index (Phi) is 4.96. The zero-order chi connectivity index (χ0) is 18.0. The summed E-state index contributed by atoms with van der Waals surface area (Å²) in [5.74, 6) is 1.06. The fraction of sp³-hybridized carbons (Fsp3) is 0.143. The van der Waals surface area contributed by atoms with Crippen molar-refractivity contribution in [2.75, 3.05) is 5.75 Å². The predicted octanol–water partition coefficient (Wildman–Crippen LogP) is 6.22. The quantitative estimate of drug-likeness (QED) is 0.548. The van der Waals surface area contributed by atoms with Crippen LogP contribution in [0.1, 0.15) is 16.4 Å². The highest BCUT2D eigenvalue weighted by atomic mass is 32.3. The molecule has 1 aliphatic rings. The normalized spacial score (nSPS) is 18.9. The van der Waals surface area contributed by atoms with Crippen LogP contribution in [0.3, 0.4) is 0 Å². The Bertz CT molecular complexity index is 882. The molecule has 0 radical (unpaired) electrons. The third kappa shape index (κ3) is 3.62. The summed E-state index contributed by atoms with van der Waals surface area (Å²) in [6, 6.07) is 25.6. The van der Waals surface area contributed by atoms with Gasteiger partial charge in [0.2, 0.25) is 0 Å². The Morgan fingerprint density at radius 3 is 2.31 bits per heavy atom. The van der Waals surface area contributed by atoms with Crippen LogP contribution in [0.25, 0.3) is 0 Å². The second-order valence-electron chi connectivity index (χ2n) is 6.20. The third-order valence-corrected chi connectivity index (χ3v) is 7.64. The summed E-state index contributed by atoms with van der Waals surface area (Å²) in [5, 5.41) is -0.0376. The maximum atomic E-state index is 10.6. The number of ether oxygens (including phenoxy) is 1. The van der Waals surface area contributed by atoms with Gasteiger partial charge >= 0.3 is 0 Å². The molecule has 1 atom stereocenters. The van der Waals surface area contributed by atoms with Gasteiger partial charge in [-0.15, -0.1) is 11.8 Å². The van der Waals surface area contributed by atoms with Crippen molar-refractivity contribution < 1.29 is 13.8 Å². The van der Waals surface area contributed by atoms with Gasteiger partial charge in [0.1, 0.15) is 12.4 Å². The Morgan fingerprint density at radius 1 is 0.885 bits per heavy atom. The van der Waals surface area contributed by atoms with Crippen molar-refractivity contribution in [2.24, 2.45) is 0 Å². The molecule has 26 heavy (non-hydrogen) atoms. The summed E-state index contributed by atoms with van der Waals surface area (Å²) < 4.78 is 27.2. The van der Waals surface area contributed by atoms with E-state index >= 15 is 0 Å². The van der Waals surface area contributed by atoms with Crippen LogP contribution in [0.4, 0.5) is 0 Å². The Hall–Kier alpha value is -1.92. The lowest BCUT2D eigenvalue weighted by Crippen LogP contribution is -2.00. The fourth-order valence-electron chi connectivity index (χ4n) is 3.13. The molecule has 0 fully saturated rings. The first kappa shape index (κ1) is 17.5. The molecule has 2 N–H and O–H groups in total. The minimum atomic E-state index is -2.78. The van der Waals surface area contributed by atoms with Gasteiger partial charge in [-0.05, 0) is 29.8 Å². The molecule has 5 heteroatoms. The van der Waals surface area contributed by atoms with Gasteiger partial charge in [-0.1, -0.05) is 54.6 Å². The van der Waals surface area contributed by atoms with Crippen molar-refractivity contribution >= 4 is 22.4 Å². The molecule has 0 saturated heterocycles. The summed E-state index contributed by atoms with van der Waals surface area (Å²) in [7, 11) is -2.78. The van der Waals surface area contributed by atoms with Crippen molar-refractivity contribution in [3.63, 3.8) is 0 Å². The summed E-state index contributed by atoms with van der Waals surface area (Å²) in [6.07, 6.45) is 0. The van der Waals surface area contributed by atoms with Gasteiger partial charge in [-0.2, -0.15) is 10.6 Å². The lowest BCUT2D eigenvalue weighted by Gasteiger charge is -2.27. The molecule has 1 unspecified atom stereocenters. The molecule has 3 nitrogen and oxygen atoms in total. The van der Waals surface area contributed by atoms with Crippen molar-refractivity contribution in [1.82, 2.24) is 0 Å². The number of thioether (sulfide) groups is 1. The van der Waals surface area contributed by atoms with E-state index in [-0.39, 0.29) is 5.25 Å². The van der Waals surface area contributed by atoms with E-state index in [0.29, 0.717) is 17.3 Å². The first-order valence-corrected chi connectivity index (χ1v) is 11.0. The SMILES string of the molecule is OS1(O)CC(Sc2ccccc2)c2c(OCc3ccccc3)cccc21. The Labute approximate surface area is 159 Å². The highest BCUT2D eigenvalue weighted by molar-refractivity contribution is 8.25. The van der Waals surface area contributed by atoms with Crippen LogP contribution in [0.15, 0.2) is 88.7 Å². The van der Waals surface area contributed by atoms with Crippen LogP contribution in [0.5, 0.6) is 5.75 Å². The van der Waals surface area contributed by atoms with Gasteiger partial charge in [0, 0.05) is 10.5 Å². The van der Waals surface area contributed by atoms with Crippen LogP contribution >= 0.6 is 22.4 Å². The van der Waals surface area contributed by atoms with Crippen molar-refractivity contribution in [1.29, 1.82) is 0 Å². The standard InChI is InChI=1S/C21H20O3S2/c22-26(23)15-19(25-17-10-5-2-6-11-17)21-18(12-7-13-20(21)26)24-14-16-8-3-1-4-9-16/h1-13,19,22-23H,14-15H2. The van der Waals surface area contributed by atoms with E-state index in [0.717, 1.165) is 21.8 Å². The second-order valence-corrected chi connectivity index (χ2v) is 9.58. The summed E-state index contributed by atoms with van der Waals surface area (Å²) in [5.41, 5.74) is 2.00. The fourth-order valence-corrected chi connectivity index (χ4v) is 6.71. The maximum Gasteiger partial charge on any atom is 0.126 e. The molecule has 1 aliphatic heterocycles. The van der Waals surface area contributed by atoms with E-state index in [4.69, 9.17) is 4.74 Å². The van der Waals surface area contributed by atoms with Gasteiger partial charge in [0.15, 0.2) is 0 Å². The summed E-state index contributed by atoms with van der Waals surface area (Å²) >= 11 is 1.65. The molecule has 1 heterocycles. The lowest BCUT2D eigenvalue weighted by molar-refractivity contribution is 0.302. The monoisotopic (exact) mass is 384 g/mol. The van der Waals surface area contributed by atoms with Crippen LogP contribution in [0.2, 0.25) is 0 Å². The molecular weight excluding hydrogens is 364 g/mol. The molecule has 3 aromatic rings. The van der Waals surface area contributed by atoms with Crippen LogP contribution in [0, 0.1) is 0 Å². The average molecular weight is 385 g/mol. The Balaban J connectivity index is 1.64. The van der Waals surface area contributed by atoms with E-state index in [1.54, 1.807) is 11.8 Å². The van der Waals surface area contributed by atoms with Crippen LogP contribution in [-0.2, 0) is 6.61 Å². The third-order valence-electron chi connectivity index (χ3n) is 4.34. The van der Waals surface area contributed by atoms with E-state index < -0.39 is 10.6 Å². The second kappa shape index (κ2) is 7.37. The molecule has 4 rings (SSSR count). The molecule has 3 aromatic carbocycles. The smallest absolute Gasteiger partial charge is 0.126 e. The molecule has 0 aromatic heterocycles. The highest BCUT2D eigenvalue weighted by Gasteiger charge is 2.38. The topological polar surface area (TPSA) is 49.7 Å². The van der Waals surface area contributed by atoms with Gasteiger partial charge in [-0.25, -0.2) is 0 Å². The average Bonchev–Trinajstić information content (AvgIpc) is 2.92. The minimum Gasteiger partial charge on any atom is -0.489 e. The zero-order valence-corrected chi connectivity index (χ0v) is 15.7. The summed E-state index contributed by atoms with van der Waals surface area (Å²) in [4.78, 5) is 1.73. The number of fused-ring (bicyclic) bond motifs is 1. The van der Waals surface area contributed by atoms with Crippen molar-refractivity contribution in [3.8, 4) is 5.75 Å². The molecule has 0 saturated carbocycles. The molecule has 0 bridgehead atoms. The zero-order valence-electron chi connectivity index (χ0n) is 14.1. The largest absolute Gasteiger partial charge is 0.489 e. The molecular formula is C21H20O3S2. The van der Waals surface area contributed by atoms with Gasteiger partial charge < -0.3 is 4.74 Å². The van der Waals surface area contributed by atoms with E-state index in [9.17, 15) is 9.11 Å². The predicted molar refractivity (Wildman–Crippen MR) is 108 cm³/mol. The van der Waals surface area contributed by atoms with Gasteiger partial charge in [0.25, 0.3) is 0 Å². The number of hydrogen-bond donors (Lipinski definition) is 2. The first-order valence-electron chi connectivity index (χ1n) is 8.41. The molecule has 0 spiro atoms. The van der Waals surface area contributed by atoms with E-state index in [1.807, 2.05) is 78.9 Å². The van der Waals surface area contributed by atoms with Gasteiger partial charge in [-0.3, -0.25) is 9.11 Å². The van der Waals surface area contributed by atoms with E-state index in [2.05, 4.69) is 0 Å². The van der Waals surface area contributed by atoms with Crippen LogP contribution in [-0.4, -0.2) is 14.9 Å². The number of hydrogen-bond acceptors (Lipinski definition) is 4. The minimum absolute atomic E-state index is 0.0376. The molecule has 0 amide bonds. The van der Waals surface area contributed by atoms with Crippen molar-refractivity contribution in [3.05, 3.63) is 90.0 Å². The van der Waals surface area contributed by atoms with Crippen LogP contribution < -0.4 is 4.74 Å². The number of benzene rings is 3. The molecule has 0 aliphatic carbocycles. The highest BCUT2D eigenvalue weighted by Crippen LogP contribution is 2.64. The Morgan fingerprint density at radius 2 is 1.58 bits per heavy atom. The van der Waals surface area contributed by atoms with E-state index in [1.165, 1.54) is 0 Å². The number of rotatable bonds is 5. The maximum absolute atomic E-state index is 10.6. The van der Waals surface area contributed by atoms with Gasteiger partial charge in [0.05, 0.1) is 15.9 Å². The van der Waals surface area contributed by atoms with Crippen molar-refractivity contribution in [2.45, 2.75) is 21.6 Å². The first-order chi connectivity index (χ1) is 12.6. The molecule has 134 valence electrons.